The molecule has 1 fully saturated rings. The zero-order valence-electron chi connectivity index (χ0n) is 21.0. The largest absolute Gasteiger partial charge is 0.497 e. The van der Waals surface area contributed by atoms with Crippen molar-refractivity contribution < 1.29 is 19.1 Å². The van der Waals surface area contributed by atoms with Crippen LogP contribution in [0.15, 0.2) is 66.7 Å². The minimum absolute atomic E-state index is 0.0792. The molecule has 2 heterocycles. The second-order valence-electron chi connectivity index (χ2n) is 9.04. The van der Waals surface area contributed by atoms with Gasteiger partial charge in [0.2, 0.25) is 0 Å². The monoisotopic (exact) mass is 498 g/mol. The van der Waals surface area contributed by atoms with E-state index in [9.17, 15) is 9.59 Å². The van der Waals surface area contributed by atoms with Crippen LogP contribution < -0.4 is 15.4 Å². The predicted octanol–water partition coefficient (Wildman–Crippen LogP) is 4.95. The molecule has 3 N–H and O–H groups in total. The van der Waals surface area contributed by atoms with E-state index in [2.05, 4.69) is 15.6 Å². The van der Waals surface area contributed by atoms with Crippen molar-refractivity contribution in [3.63, 3.8) is 0 Å². The molecule has 0 aliphatic carbocycles. The highest BCUT2D eigenvalue weighted by Gasteiger charge is 2.26. The van der Waals surface area contributed by atoms with Gasteiger partial charge in [0.15, 0.2) is 0 Å². The molecule has 5 rings (SSSR count). The Kier molecular flexibility index (Phi) is 7.09. The van der Waals surface area contributed by atoms with E-state index in [0.717, 1.165) is 33.4 Å². The first kappa shape index (κ1) is 24.4. The standard InChI is InChI=1S/C29H30N4O4/c1-19-15-23-25(21-8-4-3-5-9-21)27(28(34)33-11-13-37-14-12-33)32-26(23)24(16-19)31-29(35)30-18-20-7-6-10-22(17-20)36-2/h3-10,15-17,32H,11-14,18H2,1-2H3,(H2,30,31,35). The number of carbonyl (C=O) groups excluding carboxylic acids is 2. The van der Waals surface area contributed by atoms with Crippen molar-refractivity contribution in [2.24, 2.45) is 0 Å². The normalized spacial score (nSPS) is 13.4. The van der Waals surface area contributed by atoms with Crippen LogP contribution in [0.1, 0.15) is 21.6 Å². The lowest BCUT2D eigenvalue weighted by Crippen LogP contribution is -2.41. The third-order valence-electron chi connectivity index (χ3n) is 6.46. The number of hydrogen-bond donors (Lipinski definition) is 3. The Morgan fingerprint density at radius 2 is 1.81 bits per heavy atom. The summed E-state index contributed by atoms with van der Waals surface area (Å²) in [4.78, 5) is 31.7. The van der Waals surface area contributed by atoms with Gasteiger partial charge in [-0.25, -0.2) is 4.79 Å². The van der Waals surface area contributed by atoms with Gasteiger partial charge in [0.05, 0.1) is 31.5 Å². The van der Waals surface area contributed by atoms with E-state index < -0.39 is 0 Å². The van der Waals surface area contributed by atoms with Gasteiger partial charge in [-0.3, -0.25) is 4.79 Å². The number of aryl methyl sites for hydroxylation is 1. The first-order valence-electron chi connectivity index (χ1n) is 12.3. The maximum absolute atomic E-state index is 13.6. The van der Waals surface area contributed by atoms with E-state index in [1.165, 1.54) is 0 Å². The lowest BCUT2D eigenvalue weighted by Gasteiger charge is -2.26. The highest BCUT2D eigenvalue weighted by atomic mass is 16.5. The van der Waals surface area contributed by atoms with E-state index in [0.29, 0.717) is 49.7 Å². The fourth-order valence-electron chi connectivity index (χ4n) is 4.66. The Balaban J connectivity index is 1.49. The van der Waals surface area contributed by atoms with Crippen LogP contribution in [-0.4, -0.2) is 55.2 Å². The first-order valence-corrected chi connectivity index (χ1v) is 12.3. The number of ether oxygens (including phenoxy) is 2. The average molecular weight is 499 g/mol. The summed E-state index contributed by atoms with van der Waals surface area (Å²) in [7, 11) is 1.61. The highest BCUT2D eigenvalue weighted by Crippen LogP contribution is 2.37. The summed E-state index contributed by atoms with van der Waals surface area (Å²) in [6, 6.07) is 21.0. The van der Waals surface area contributed by atoms with Gasteiger partial charge in [0.1, 0.15) is 11.4 Å². The molecule has 0 spiro atoms. The van der Waals surface area contributed by atoms with E-state index in [1.54, 1.807) is 12.0 Å². The van der Waals surface area contributed by atoms with Gasteiger partial charge in [0.25, 0.3) is 5.91 Å². The molecule has 4 aromatic rings. The van der Waals surface area contributed by atoms with Crippen molar-refractivity contribution in [3.8, 4) is 16.9 Å². The molecule has 0 radical (unpaired) electrons. The number of aromatic amines is 1. The number of rotatable bonds is 6. The summed E-state index contributed by atoms with van der Waals surface area (Å²) in [5.74, 6) is 0.654. The summed E-state index contributed by atoms with van der Waals surface area (Å²) in [5, 5.41) is 6.76. The van der Waals surface area contributed by atoms with Crippen LogP contribution in [0.4, 0.5) is 10.5 Å². The molecule has 0 unspecified atom stereocenters. The Bertz CT molecular complexity index is 1420. The van der Waals surface area contributed by atoms with Crippen LogP contribution in [0.3, 0.4) is 0 Å². The fraction of sp³-hybridized carbons (Fsp3) is 0.241. The molecule has 0 saturated carbocycles. The molecule has 8 heteroatoms. The molecule has 0 bridgehead atoms. The van der Waals surface area contributed by atoms with Crippen LogP contribution in [-0.2, 0) is 11.3 Å². The van der Waals surface area contributed by atoms with Gasteiger partial charge in [-0.1, -0.05) is 42.5 Å². The van der Waals surface area contributed by atoms with Gasteiger partial charge in [-0.2, -0.15) is 0 Å². The number of amides is 3. The number of carbonyl (C=O) groups is 2. The second-order valence-corrected chi connectivity index (χ2v) is 9.04. The minimum Gasteiger partial charge on any atom is -0.497 e. The van der Waals surface area contributed by atoms with E-state index in [4.69, 9.17) is 9.47 Å². The third kappa shape index (κ3) is 5.29. The molecular formula is C29H30N4O4. The number of benzene rings is 3. The lowest BCUT2D eigenvalue weighted by molar-refractivity contribution is 0.0300. The van der Waals surface area contributed by atoms with Crippen molar-refractivity contribution >= 4 is 28.5 Å². The third-order valence-corrected chi connectivity index (χ3v) is 6.46. The van der Waals surface area contributed by atoms with Crippen molar-refractivity contribution in [2.75, 3.05) is 38.7 Å². The van der Waals surface area contributed by atoms with Crippen molar-refractivity contribution in [2.45, 2.75) is 13.5 Å². The fourth-order valence-corrected chi connectivity index (χ4v) is 4.66. The zero-order chi connectivity index (χ0) is 25.8. The number of aromatic nitrogens is 1. The Hall–Kier alpha value is -4.30. The smallest absolute Gasteiger partial charge is 0.319 e. The summed E-state index contributed by atoms with van der Waals surface area (Å²) in [6.07, 6.45) is 0. The van der Waals surface area contributed by atoms with Crippen LogP contribution in [0.5, 0.6) is 5.75 Å². The van der Waals surface area contributed by atoms with Gasteiger partial charge in [-0.05, 0) is 47.9 Å². The number of urea groups is 1. The number of nitrogens with zero attached hydrogens (tertiary/aromatic N) is 1. The van der Waals surface area contributed by atoms with Crippen LogP contribution in [0.25, 0.3) is 22.0 Å². The van der Waals surface area contributed by atoms with Crippen LogP contribution >= 0.6 is 0 Å². The molecule has 1 aliphatic heterocycles. The average Bonchev–Trinajstić information content (AvgIpc) is 3.32. The molecule has 1 aromatic heterocycles. The molecule has 37 heavy (non-hydrogen) atoms. The number of hydrogen-bond acceptors (Lipinski definition) is 4. The number of anilines is 1. The van der Waals surface area contributed by atoms with Crippen molar-refractivity contribution in [1.82, 2.24) is 15.2 Å². The molecule has 3 amide bonds. The Morgan fingerprint density at radius 1 is 1.03 bits per heavy atom. The Morgan fingerprint density at radius 3 is 2.57 bits per heavy atom. The number of methoxy groups -OCH3 is 1. The van der Waals surface area contributed by atoms with Gasteiger partial charge >= 0.3 is 6.03 Å². The van der Waals surface area contributed by atoms with Crippen LogP contribution in [0, 0.1) is 6.92 Å². The highest BCUT2D eigenvalue weighted by molar-refractivity contribution is 6.13. The van der Waals surface area contributed by atoms with Gasteiger partial charge in [0, 0.05) is 30.6 Å². The molecule has 1 saturated heterocycles. The maximum Gasteiger partial charge on any atom is 0.319 e. The van der Waals surface area contributed by atoms with Crippen molar-refractivity contribution in [3.05, 3.63) is 83.6 Å². The summed E-state index contributed by atoms with van der Waals surface area (Å²) < 4.78 is 10.7. The van der Waals surface area contributed by atoms with Gasteiger partial charge in [-0.15, -0.1) is 0 Å². The zero-order valence-corrected chi connectivity index (χ0v) is 21.0. The molecule has 0 atom stereocenters. The summed E-state index contributed by atoms with van der Waals surface area (Å²) >= 11 is 0. The second kappa shape index (κ2) is 10.8. The number of H-pyrrole nitrogens is 1. The quantitative estimate of drug-likeness (QED) is 0.351. The van der Waals surface area contributed by atoms with E-state index >= 15 is 0 Å². The molecular weight excluding hydrogens is 468 g/mol. The topological polar surface area (TPSA) is 95.7 Å². The minimum atomic E-state index is -0.341. The summed E-state index contributed by atoms with van der Waals surface area (Å²) in [6.45, 7) is 4.44. The SMILES string of the molecule is COc1cccc(CNC(=O)Nc2cc(C)cc3c(-c4ccccc4)c(C(=O)N4CCOCC4)[nH]c23)c1. The molecule has 8 nitrogen and oxygen atoms in total. The van der Waals surface area contributed by atoms with Crippen molar-refractivity contribution in [1.29, 1.82) is 0 Å². The Labute approximate surface area is 215 Å². The number of morpholine rings is 1. The first-order chi connectivity index (χ1) is 18.0. The lowest BCUT2D eigenvalue weighted by atomic mass is 9.99. The van der Waals surface area contributed by atoms with Crippen LogP contribution in [0.2, 0.25) is 0 Å². The number of nitrogens with one attached hydrogen (secondary N) is 3. The maximum atomic E-state index is 13.6. The molecule has 1 aliphatic rings. The number of fused-ring (bicyclic) bond motifs is 1. The summed E-state index contributed by atoms with van der Waals surface area (Å²) in [5.41, 5.74) is 5.48. The van der Waals surface area contributed by atoms with E-state index in [1.807, 2.05) is 73.7 Å². The van der Waals surface area contributed by atoms with E-state index in [-0.39, 0.29) is 11.9 Å². The molecule has 3 aromatic carbocycles. The molecule has 190 valence electrons. The van der Waals surface area contributed by atoms with Gasteiger partial charge < -0.3 is 30.0 Å². The predicted molar refractivity (Wildman–Crippen MR) is 144 cm³/mol.